The van der Waals surface area contributed by atoms with Gasteiger partial charge in [0.15, 0.2) is 0 Å². The summed E-state index contributed by atoms with van der Waals surface area (Å²) in [6, 6.07) is 13.4. The molecule has 1 heterocycles. The number of amides is 2. The first kappa shape index (κ1) is 22.0. The first-order chi connectivity index (χ1) is 14.8. The van der Waals surface area contributed by atoms with Gasteiger partial charge in [0.1, 0.15) is 17.3 Å². The number of hydrogen-bond acceptors (Lipinski definition) is 4. The minimum atomic E-state index is -0.635. The molecule has 0 aliphatic heterocycles. The van der Waals surface area contributed by atoms with E-state index in [4.69, 9.17) is 0 Å². The molecule has 8 heteroatoms. The fourth-order valence-corrected chi connectivity index (χ4v) is 2.95. The van der Waals surface area contributed by atoms with Crippen LogP contribution in [-0.2, 0) is 13.1 Å². The number of benzene rings is 2. The van der Waals surface area contributed by atoms with Crippen molar-refractivity contribution in [2.75, 3.05) is 19.4 Å². The van der Waals surface area contributed by atoms with Gasteiger partial charge in [-0.2, -0.15) is 0 Å². The van der Waals surface area contributed by atoms with E-state index in [1.807, 2.05) is 0 Å². The second-order valence-electron chi connectivity index (χ2n) is 7.13. The van der Waals surface area contributed by atoms with Gasteiger partial charge in [-0.15, -0.1) is 0 Å². The molecule has 0 aliphatic rings. The normalized spacial score (nSPS) is 10.6. The van der Waals surface area contributed by atoms with Crippen LogP contribution >= 0.6 is 0 Å². The lowest BCUT2D eigenvalue weighted by molar-refractivity contribution is 0.0827. The summed E-state index contributed by atoms with van der Waals surface area (Å²) in [5.41, 5.74) is 2.12. The van der Waals surface area contributed by atoms with Gasteiger partial charge in [-0.05, 0) is 42.0 Å². The molecule has 31 heavy (non-hydrogen) atoms. The molecular formula is C23H22F2N4O2. The van der Waals surface area contributed by atoms with Gasteiger partial charge in [-0.3, -0.25) is 14.6 Å². The molecule has 0 aliphatic carbocycles. The van der Waals surface area contributed by atoms with E-state index in [1.165, 1.54) is 23.2 Å². The van der Waals surface area contributed by atoms with Gasteiger partial charge in [-0.1, -0.05) is 12.1 Å². The van der Waals surface area contributed by atoms with Crippen LogP contribution in [0.5, 0.6) is 0 Å². The van der Waals surface area contributed by atoms with Crippen LogP contribution in [0.2, 0.25) is 0 Å². The Balaban J connectivity index is 1.78. The Morgan fingerprint density at radius 2 is 1.81 bits per heavy atom. The number of anilines is 1. The van der Waals surface area contributed by atoms with Gasteiger partial charge in [0, 0.05) is 56.3 Å². The molecule has 0 bridgehead atoms. The van der Waals surface area contributed by atoms with Crippen LogP contribution in [0.15, 0.2) is 60.8 Å². The van der Waals surface area contributed by atoms with Gasteiger partial charge in [0.2, 0.25) is 0 Å². The van der Waals surface area contributed by atoms with E-state index in [0.29, 0.717) is 28.9 Å². The maximum atomic E-state index is 13.8. The lowest BCUT2D eigenvalue weighted by atomic mass is 10.1. The Hall–Kier alpha value is -3.65. The molecule has 2 N–H and O–H groups in total. The van der Waals surface area contributed by atoms with Crippen molar-refractivity contribution < 1.29 is 18.4 Å². The van der Waals surface area contributed by atoms with Crippen LogP contribution in [0, 0.1) is 11.6 Å². The Kier molecular flexibility index (Phi) is 7.04. The maximum absolute atomic E-state index is 13.8. The SMILES string of the molecule is CN(C)C(=O)c1cc(CNCc2ccc(F)cc2F)cc(NC(=O)c2ccccn2)c1. The molecule has 6 nitrogen and oxygen atoms in total. The standard InChI is InChI=1S/C23H22F2N4O2/c1-29(2)23(31)17-9-15(13-26-14-16-6-7-18(24)12-20(16)25)10-19(11-17)28-22(30)21-5-3-4-8-27-21/h3-12,26H,13-14H2,1-2H3,(H,28,30). The highest BCUT2D eigenvalue weighted by molar-refractivity contribution is 6.04. The van der Waals surface area contributed by atoms with Gasteiger partial charge in [0.05, 0.1) is 0 Å². The van der Waals surface area contributed by atoms with Crippen LogP contribution in [0.3, 0.4) is 0 Å². The predicted octanol–water partition coefficient (Wildman–Crippen LogP) is 3.60. The fourth-order valence-electron chi connectivity index (χ4n) is 2.95. The summed E-state index contributed by atoms with van der Waals surface area (Å²) in [4.78, 5) is 30.4. The van der Waals surface area contributed by atoms with Crippen molar-refractivity contribution in [1.29, 1.82) is 0 Å². The summed E-state index contributed by atoms with van der Waals surface area (Å²) in [7, 11) is 3.27. The van der Waals surface area contributed by atoms with Crippen LogP contribution in [0.25, 0.3) is 0 Å². The van der Waals surface area contributed by atoms with E-state index in [1.54, 1.807) is 50.5 Å². The van der Waals surface area contributed by atoms with E-state index < -0.39 is 17.5 Å². The number of nitrogens with zero attached hydrogens (tertiary/aromatic N) is 2. The zero-order valence-corrected chi connectivity index (χ0v) is 17.2. The molecule has 160 valence electrons. The van der Waals surface area contributed by atoms with Gasteiger partial charge < -0.3 is 15.5 Å². The second-order valence-corrected chi connectivity index (χ2v) is 7.13. The Labute approximate surface area is 178 Å². The van der Waals surface area contributed by atoms with Crippen LogP contribution < -0.4 is 10.6 Å². The third-order valence-electron chi connectivity index (χ3n) is 4.46. The summed E-state index contributed by atoms with van der Waals surface area (Å²) in [6.45, 7) is 0.478. The molecular weight excluding hydrogens is 402 g/mol. The Morgan fingerprint density at radius 1 is 1.00 bits per heavy atom. The second kappa shape index (κ2) is 9.90. The summed E-state index contributed by atoms with van der Waals surface area (Å²) >= 11 is 0. The molecule has 2 aromatic carbocycles. The molecule has 0 fully saturated rings. The predicted molar refractivity (Wildman–Crippen MR) is 114 cm³/mol. The van der Waals surface area contributed by atoms with E-state index in [9.17, 15) is 18.4 Å². The van der Waals surface area contributed by atoms with Gasteiger partial charge in [-0.25, -0.2) is 8.78 Å². The number of halogens is 2. The van der Waals surface area contributed by atoms with Crippen molar-refractivity contribution >= 4 is 17.5 Å². The highest BCUT2D eigenvalue weighted by Crippen LogP contribution is 2.18. The van der Waals surface area contributed by atoms with E-state index in [0.717, 1.165) is 6.07 Å². The quantitative estimate of drug-likeness (QED) is 0.608. The van der Waals surface area contributed by atoms with E-state index in [2.05, 4.69) is 15.6 Å². The molecule has 1 aromatic heterocycles. The first-order valence-corrected chi connectivity index (χ1v) is 9.56. The third kappa shape index (κ3) is 5.93. The molecule has 3 aromatic rings. The first-order valence-electron chi connectivity index (χ1n) is 9.56. The van der Waals surface area contributed by atoms with Crippen molar-refractivity contribution in [3.63, 3.8) is 0 Å². The number of pyridine rings is 1. The summed E-state index contributed by atoms with van der Waals surface area (Å²) < 4.78 is 26.9. The van der Waals surface area contributed by atoms with Crippen LogP contribution in [-0.4, -0.2) is 35.8 Å². The Morgan fingerprint density at radius 3 is 2.48 bits per heavy atom. The minimum Gasteiger partial charge on any atom is -0.345 e. The topological polar surface area (TPSA) is 74.3 Å². The van der Waals surface area contributed by atoms with Gasteiger partial charge in [0.25, 0.3) is 11.8 Å². The molecule has 2 amide bonds. The minimum absolute atomic E-state index is 0.174. The van der Waals surface area contributed by atoms with Gasteiger partial charge >= 0.3 is 0 Å². The third-order valence-corrected chi connectivity index (χ3v) is 4.46. The number of carbonyl (C=O) groups excluding carboxylic acids is 2. The molecule has 0 saturated carbocycles. The van der Waals surface area contributed by atoms with Crippen LogP contribution in [0.4, 0.5) is 14.5 Å². The zero-order valence-electron chi connectivity index (χ0n) is 17.2. The van der Waals surface area contributed by atoms with Crippen molar-refractivity contribution in [2.24, 2.45) is 0 Å². The number of aromatic nitrogens is 1. The van der Waals surface area contributed by atoms with E-state index >= 15 is 0 Å². The van der Waals surface area contributed by atoms with E-state index in [-0.39, 0.29) is 18.1 Å². The summed E-state index contributed by atoms with van der Waals surface area (Å²) in [5, 5.41) is 5.83. The molecule has 0 atom stereocenters. The smallest absolute Gasteiger partial charge is 0.274 e. The highest BCUT2D eigenvalue weighted by atomic mass is 19.1. The number of hydrogen-bond donors (Lipinski definition) is 2. The lowest BCUT2D eigenvalue weighted by Crippen LogP contribution is -2.23. The zero-order chi connectivity index (χ0) is 22.4. The average Bonchev–Trinajstić information content (AvgIpc) is 2.75. The molecule has 0 spiro atoms. The van der Waals surface area contributed by atoms with Crippen molar-refractivity contribution in [1.82, 2.24) is 15.2 Å². The highest BCUT2D eigenvalue weighted by Gasteiger charge is 2.14. The van der Waals surface area contributed by atoms with Crippen molar-refractivity contribution in [3.05, 3.63) is 94.8 Å². The fraction of sp³-hybridized carbons (Fsp3) is 0.174. The molecule has 0 unspecified atom stereocenters. The van der Waals surface area contributed by atoms with Crippen molar-refractivity contribution in [2.45, 2.75) is 13.1 Å². The average molecular weight is 424 g/mol. The molecule has 0 radical (unpaired) electrons. The van der Waals surface area contributed by atoms with Crippen molar-refractivity contribution in [3.8, 4) is 0 Å². The summed E-state index contributed by atoms with van der Waals surface area (Å²) in [5.74, 6) is -1.89. The Bertz CT molecular complexity index is 1090. The molecule has 0 saturated heterocycles. The largest absolute Gasteiger partial charge is 0.345 e. The monoisotopic (exact) mass is 424 g/mol. The number of rotatable bonds is 7. The van der Waals surface area contributed by atoms with Crippen LogP contribution in [0.1, 0.15) is 32.0 Å². The maximum Gasteiger partial charge on any atom is 0.274 e. The number of carbonyl (C=O) groups is 2. The number of nitrogens with one attached hydrogen (secondary N) is 2. The lowest BCUT2D eigenvalue weighted by Gasteiger charge is -2.15. The molecule has 3 rings (SSSR count). The summed E-state index contributed by atoms with van der Waals surface area (Å²) in [6.07, 6.45) is 1.52.